The molecule has 0 aromatic rings. The van der Waals surface area contributed by atoms with Gasteiger partial charge in [0.1, 0.15) is 0 Å². The smallest absolute Gasteiger partial charge is 0 e. The summed E-state index contributed by atoms with van der Waals surface area (Å²) in [5.74, 6) is 0. The maximum absolute atomic E-state index is 0. The van der Waals surface area contributed by atoms with Gasteiger partial charge in [0.05, 0.1) is 0 Å². The first kappa shape index (κ1) is 33.3. The second kappa shape index (κ2) is 18.5. The minimum Gasteiger partial charge on any atom is 0 e. The summed E-state index contributed by atoms with van der Waals surface area (Å²) in [4.78, 5) is 0. The van der Waals surface area contributed by atoms with Crippen molar-refractivity contribution in [1.29, 1.82) is 0 Å². The molecule has 0 unspecified atom stereocenters. The molecule has 0 heterocycles. The fourth-order valence-corrected chi connectivity index (χ4v) is 0. The molecular formula is CoMnPdZn. The van der Waals surface area contributed by atoms with Crippen LogP contribution in [0.4, 0.5) is 0 Å². The molecule has 0 fully saturated rings. The topological polar surface area (TPSA) is 0 Å². The first-order chi connectivity index (χ1) is 0. The second-order valence-corrected chi connectivity index (χ2v) is 0. The van der Waals surface area contributed by atoms with Crippen molar-refractivity contribution in [2.75, 3.05) is 0 Å². The van der Waals surface area contributed by atoms with Gasteiger partial charge in [0.15, 0.2) is 0 Å². The maximum atomic E-state index is 0. The summed E-state index contributed by atoms with van der Waals surface area (Å²) < 4.78 is 0. The van der Waals surface area contributed by atoms with Gasteiger partial charge in [-0.15, -0.1) is 0 Å². The zero-order valence-electron chi connectivity index (χ0n) is 1.73. The van der Waals surface area contributed by atoms with Crippen LogP contribution in [0.25, 0.3) is 0 Å². The number of hydrogen-bond donors (Lipinski definition) is 0. The van der Waals surface area contributed by atoms with Crippen LogP contribution in [0, 0.1) is 0 Å². The molecule has 2 radical (unpaired) electrons. The van der Waals surface area contributed by atoms with Gasteiger partial charge in [-0.2, -0.15) is 0 Å². The van der Waals surface area contributed by atoms with E-state index in [1.165, 1.54) is 0 Å². The van der Waals surface area contributed by atoms with Crippen molar-refractivity contribution in [2.45, 2.75) is 0 Å². The van der Waals surface area contributed by atoms with Crippen molar-refractivity contribution < 1.29 is 73.7 Å². The third-order valence-corrected chi connectivity index (χ3v) is 0. The average molecular weight is 286 g/mol. The second-order valence-electron chi connectivity index (χ2n) is 0. The van der Waals surface area contributed by atoms with Crippen molar-refractivity contribution in [3.05, 3.63) is 0 Å². The third kappa shape index (κ3) is 8.85. The molecule has 0 aliphatic heterocycles. The van der Waals surface area contributed by atoms with E-state index in [1.807, 2.05) is 0 Å². The van der Waals surface area contributed by atoms with Gasteiger partial charge < -0.3 is 0 Å². The van der Waals surface area contributed by atoms with Crippen LogP contribution >= 0.6 is 0 Å². The standard InChI is InChI=1S/Co.Mn.Pd.Zn. The van der Waals surface area contributed by atoms with Gasteiger partial charge in [-0.3, -0.25) is 0 Å². The van der Waals surface area contributed by atoms with E-state index in [0.29, 0.717) is 0 Å². The Labute approximate surface area is 72.9 Å². The summed E-state index contributed by atoms with van der Waals surface area (Å²) >= 11 is 0. The Kier molecular flexibility index (Phi) is 154. The third-order valence-electron chi connectivity index (χ3n) is 0. The van der Waals surface area contributed by atoms with Crippen molar-refractivity contribution in [3.63, 3.8) is 0 Å². The van der Waals surface area contributed by atoms with E-state index in [-0.39, 0.29) is 73.7 Å². The van der Waals surface area contributed by atoms with Crippen LogP contribution in [0.15, 0.2) is 0 Å². The van der Waals surface area contributed by atoms with Crippen LogP contribution in [0.5, 0.6) is 0 Å². The quantitative estimate of drug-likeness (QED) is 0.549. The van der Waals surface area contributed by atoms with Gasteiger partial charge >= 0.3 is 0 Å². The molecule has 0 nitrogen and oxygen atoms in total. The summed E-state index contributed by atoms with van der Waals surface area (Å²) in [7, 11) is 0. The van der Waals surface area contributed by atoms with E-state index in [9.17, 15) is 0 Å². The first-order valence-corrected chi connectivity index (χ1v) is 0. The first-order valence-electron chi connectivity index (χ1n) is 0. The van der Waals surface area contributed by atoms with Crippen LogP contribution in [-0.2, 0) is 73.7 Å². The van der Waals surface area contributed by atoms with Crippen LogP contribution in [0.2, 0.25) is 0 Å². The van der Waals surface area contributed by atoms with E-state index in [1.54, 1.807) is 0 Å². The molecule has 0 atom stereocenters. The average Bonchev–Trinajstić information content (AvgIpc) is 0. The van der Waals surface area contributed by atoms with Crippen molar-refractivity contribution >= 4 is 0 Å². The molecule has 4 heavy (non-hydrogen) atoms. The van der Waals surface area contributed by atoms with Gasteiger partial charge in [-0.05, 0) is 0 Å². The van der Waals surface area contributed by atoms with Crippen molar-refractivity contribution in [3.8, 4) is 0 Å². The van der Waals surface area contributed by atoms with Gasteiger partial charge in [-0.1, -0.05) is 0 Å². The molecule has 0 bridgehead atoms. The molecule has 0 spiro atoms. The predicted octanol–water partition coefficient (Wildman–Crippen LogP) is -0.0100. The molecule has 0 amide bonds. The van der Waals surface area contributed by atoms with Crippen LogP contribution < -0.4 is 0 Å². The summed E-state index contributed by atoms with van der Waals surface area (Å²) in [5.41, 5.74) is 0. The van der Waals surface area contributed by atoms with Crippen molar-refractivity contribution in [1.82, 2.24) is 0 Å². The zero-order chi connectivity index (χ0) is 0. The molecular weight excluding hydrogens is 286 g/mol. The van der Waals surface area contributed by atoms with Crippen LogP contribution in [0.1, 0.15) is 0 Å². The van der Waals surface area contributed by atoms with Gasteiger partial charge in [0.25, 0.3) is 0 Å². The zero-order valence-corrected chi connectivity index (χ0v) is 8.48. The van der Waals surface area contributed by atoms with Crippen LogP contribution in [-0.4, -0.2) is 0 Å². The van der Waals surface area contributed by atoms with E-state index >= 15 is 0 Å². The van der Waals surface area contributed by atoms with Crippen molar-refractivity contribution in [2.24, 2.45) is 0 Å². The molecule has 0 aromatic carbocycles. The fourth-order valence-electron chi connectivity index (χ4n) is 0. The van der Waals surface area contributed by atoms with Gasteiger partial charge in [0, 0.05) is 73.7 Å². The molecule has 0 saturated carbocycles. The fraction of sp³-hybridized carbons (Fsp3) is 0. The molecule has 4 heteroatoms. The van der Waals surface area contributed by atoms with E-state index in [2.05, 4.69) is 0 Å². The Morgan fingerprint density at radius 2 is 1.00 bits per heavy atom. The summed E-state index contributed by atoms with van der Waals surface area (Å²) in [6.45, 7) is 0. The minimum absolute atomic E-state index is 0. The SMILES string of the molecule is [Co].[Mn].[Pd].[Zn]. The van der Waals surface area contributed by atoms with E-state index in [0.717, 1.165) is 0 Å². The molecule has 0 aliphatic carbocycles. The molecule has 0 N–H and O–H groups in total. The summed E-state index contributed by atoms with van der Waals surface area (Å²) in [6, 6.07) is 0. The predicted molar refractivity (Wildman–Crippen MR) is 0 cm³/mol. The van der Waals surface area contributed by atoms with E-state index in [4.69, 9.17) is 0 Å². The molecule has 0 rings (SSSR count). The normalized spacial score (nSPS) is 0. The Morgan fingerprint density at radius 1 is 1.00 bits per heavy atom. The molecule has 28 valence electrons. The number of rotatable bonds is 0. The minimum atomic E-state index is 0. The van der Waals surface area contributed by atoms with Gasteiger partial charge in [-0.25, -0.2) is 0 Å². The Balaban J connectivity index is 0. The Hall–Kier alpha value is 2.31. The number of hydrogen-bond acceptors (Lipinski definition) is 0. The maximum Gasteiger partial charge on any atom is 0 e. The molecule has 0 aromatic heterocycles. The van der Waals surface area contributed by atoms with E-state index < -0.39 is 0 Å². The monoisotopic (exact) mass is 284 g/mol. The van der Waals surface area contributed by atoms with Gasteiger partial charge in [0.2, 0.25) is 0 Å². The Morgan fingerprint density at radius 3 is 1.00 bits per heavy atom. The summed E-state index contributed by atoms with van der Waals surface area (Å²) in [6.07, 6.45) is 0. The van der Waals surface area contributed by atoms with Crippen LogP contribution in [0.3, 0.4) is 0 Å². The molecule has 0 aliphatic rings. The summed E-state index contributed by atoms with van der Waals surface area (Å²) in [5, 5.41) is 0. The Bertz CT molecular complexity index is 8.00. The molecule has 0 saturated heterocycles. The largest absolute Gasteiger partial charge is 0 e.